The number of rotatable bonds is 3. The number of H-pyrrole nitrogens is 1. The number of ether oxygens (including phenoxy) is 1. The SMILES string of the molecule is COc1ccc2[nH]c3c(c2c1)CCN(C(=O)NC1CCCCC1)C3c1ccc(F)cc1. The molecule has 1 aliphatic heterocycles. The summed E-state index contributed by atoms with van der Waals surface area (Å²) in [6, 6.07) is 12.4. The van der Waals surface area contributed by atoms with Crippen molar-refractivity contribution in [2.75, 3.05) is 13.7 Å². The molecule has 2 aliphatic rings. The highest BCUT2D eigenvalue weighted by atomic mass is 19.1. The van der Waals surface area contributed by atoms with E-state index in [0.29, 0.717) is 6.54 Å². The van der Waals surface area contributed by atoms with E-state index in [1.54, 1.807) is 19.2 Å². The molecule has 1 unspecified atom stereocenters. The highest BCUT2D eigenvalue weighted by Gasteiger charge is 2.35. The zero-order chi connectivity index (χ0) is 21.4. The first kappa shape index (κ1) is 19.9. The van der Waals surface area contributed by atoms with Crippen molar-refractivity contribution >= 4 is 16.9 Å². The predicted octanol–water partition coefficient (Wildman–Crippen LogP) is 5.31. The second-order valence-electron chi connectivity index (χ2n) is 8.61. The molecular weight excluding hydrogens is 393 g/mol. The molecule has 0 bridgehead atoms. The van der Waals surface area contributed by atoms with Gasteiger partial charge in [-0.15, -0.1) is 0 Å². The van der Waals surface area contributed by atoms with E-state index < -0.39 is 0 Å². The van der Waals surface area contributed by atoms with Gasteiger partial charge in [-0.2, -0.15) is 0 Å². The molecule has 2 aromatic carbocycles. The summed E-state index contributed by atoms with van der Waals surface area (Å²) >= 11 is 0. The molecule has 0 saturated heterocycles. The summed E-state index contributed by atoms with van der Waals surface area (Å²) in [5, 5.41) is 4.38. The lowest BCUT2D eigenvalue weighted by Gasteiger charge is -2.37. The molecule has 5 rings (SSSR count). The van der Waals surface area contributed by atoms with Gasteiger partial charge in [0, 0.05) is 29.2 Å². The lowest BCUT2D eigenvalue weighted by Crippen LogP contribution is -2.49. The number of carbonyl (C=O) groups is 1. The summed E-state index contributed by atoms with van der Waals surface area (Å²) in [4.78, 5) is 18.8. The first-order chi connectivity index (χ1) is 15.1. The Morgan fingerprint density at radius 3 is 2.65 bits per heavy atom. The van der Waals surface area contributed by atoms with Gasteiger partial charge in [0.2, 0.25) is 0 Å². The standard InChI is InChI=1S/C25H28FN3O2/c1-31-19-11-12-22-21(15-19)20-13-14-29(25(30)27-18-5-3-2-4-6-18)24(23(20)28-22)16-7-9-17(26)10-8-16/h7-12,15,18,24,28H,2-6,13-14H2,1H3,(H,27,30). The van der Waals surface area contributed by atoms with Crippen LogP contribution in [0.4, 0.5) is 9.18 Å². The van der Waals surface area contributed by atoms with Gasteiger partial charge >= 0.3 is 6.03 Å². The van der Waals surface area contributed by atoms with E-state index in [0.717, 1.165) is 47.2 Å². The molecular formula is C25H28FN3O2. The van der Waals surface area contributed by atoms with Gasteiger partial charge in [0.1, 0.15) is 11.6 Å². The Morgan fingerprint density at radius 1 is 1.13 bits per heavy atom. The first-order valence-corrected chi connectivity index (χ1v) is 11.1. The smallest absolute Gasteiger partial charge is 0.318 e. The van der Waals surface area contributed by atoms with Crippen LogP contribution in [-0.2, 0) is 6.42 Å². The number of nitrogens with one attached hydrogen (secondary N) is 2. The summed E-state index contributed by atoms with van der Waals surface area (Å²) in [6.07, 6.45) is 6.42. The fraction of sp³-hybridized carbons (Fsp3) is 0.400. The van der Waals surface area contributed by atoms with Crippen LogP contribution in [-0.4, -0.2) is 35.6 Å². The molecule has 162 valence electrons. The summed E-state index contributed by atoms with van der Waals surface area (Å²) in [5.41, 5.74) is 4.12. The number of carbonyl (C=O) groups excluding carboxylic acids is 1. The van der Waals surface area contributed by atoms with Crippen LogP contribution in [0.15, 0.2) is 42.5 Å². The number of hydrogen-bond acceptors (Lipinski definition) is 2. The molecule has 1 atom stereocenters. The second kappa shape index (κ2) is 8.25. The number of amides is 2. The van der Waals surface area contributed by atoms with Gasteiger partial charge in [0.25, 0.3) is 0 Å². The van der Waals surface area contributed by atoms with E-state index in [1.165, 1.54) is 37.0 Å². The van der Waals surface area contributed by atoms with Crippen molar-refractivity contribution in [2.24, 2.45) is 0 Å². The maximum absolute atomic E-state index is 13.7. The van der Waals surface area contributed by atoms with E-state index in [9.17, 15) is 9.18 Å². The van der Waals surface area contributed by atoms with Crippen LogP contribution in [0.1, 0.15) is 55.0 Å². The Bertz CT molecular complexity index is 1090. The lowest BCUT2D eigenvalue weighted by atomic mass is 9.92. The van der Waals surface area contributed by atoms with Gasteiger partial charge < -0.3 is 19.9 Å². The van der Waals surface area contributed by atoms with Crippen molar-refractivity contribution in [3.05, 3.63) is 65.1 Å². The number of benzene rings is 2. The number of urea groups is 1. The van der Waals surface area contributed by atoms with Crippen LogP contribution in [0.5, 0.6) is 5.75 Å². The van der Waals surface area contributed by atoms with Crippen LogP contribution in [0, 0.1) is 5.82 Å². The van der Waals surface area contributed by atoms with Gasteiger partial charge in [-0.3, -0.25) is 0 Å². The minimum absolute atomic E-state index is 0.0388. The van der Waals surface area contributed by atoms with Crippen molar-refractivity contribution in [2.45, 2.75) is 50.6 Å². The van der Waals surface area contributed by atoms with Crippen LogP contribution in [0.25, 0.3) is 10.9 Å². The number of methoxy groups -OCH3 is 1. The molecule has 5 nitrogen and oxygen atoms in total. The topological polar surface area (TPSA) is 57.4 Å². The predicted molar refractivity (Wildman–Crippen MR) is 119 cm³/mol. The van der Waals surface area contributed by atoms with Gasteiger partial charge in [-0.1, -0.05) is 31.4 Å². The van der Waals surface area contributed by atoms with Crippen molar-refractivity contribution in [3.8, 4) is 5.75 Å². The largest absolute Gasteiger partial charge is 0.497 e. The van der Waals surface area contributed by atoms with E-state index >= 15 is 0 Å². The molecule has 2 N–H and O–H groups in total. The zero-order valence-corrected chi connectivity index (χ0v) is 17.8. The molecule has 1 saturated carbocycles. The first-order valence-electron chi connectivity index (χ1n) is 11.1. The molecule has 1 aromatic heterocycles. The second-order valence-corrected chi connectivity index (χ2v) is 8.61. The van der Waals surface area contributed by atoms with Crippen LogP contribution in [0.3, 0.4) is 0 Å². The van der Waals surface area contributed by atoms with Gasteiger partial charge in [0.15, 0.2) is 0 Å². The quantitative estimate of drug-likeness (QED) is 0.603. The maximum Gasteiger partial charge on any atom is 0.318 e. The number of aromatic amines is 1. The highest BCUT2D eigenvalue weighted by molar-refractivity contribution is 5.87. The van der Waals surface area contributed by atoms with Crippen molar-refractivity contribution in [1.82, 2.24) is 15.2 Å². The molecule has 6 heteroatoms. The van der Waals surface area contributed by atoms with Gasteiger partial charge in [-0.05, 0) is 60.7 Å². The Labute approximate surface area is 181 Å². The Kier molecular flexibility index (Phi) is 5.30. The Balaban J connectivity index is 1.54. The molecule has 3 aromatic rings. The Hall–Kier alpha value is -3.02. The molecule has 2 heterocycles. The van der Waals surface area contributed by atoms with E-state index in [4.69, 9.17) is 4.74 Å². The fourth-order valence-electron chi connectivity index (χ4n) is 5.11. The third-order valence-corrected chi connectivity index (χ3v) is 6.71. The van der Waals surface area contributed by atoms with Gasteiger partial charge in [-0.25, -0.2) is 9.18 Å². The third-order valence-electron chi connectivity index (χ3n) is 6.71. The zero-order valence-electron chi connectivity index (χ0n) is 17.8. The molecule has 1 fully saturated rings. The summed E-state index contributed by atoms with van der Waals surface area (Å²) < 4.78 is 19.1. The Morgan fingerprint density at radius 2 is 1.90 bits per heavy atom. The van der Waals surface area contributed by atoms with Crippen molar-refractivity contribution in [3.63, 3.8) is 0 Å². The normalized spacial score (nSPS) is 19.3. The summed E-state index contributed by atoms with van der Waals surface area (Å²) in [7, 11) is 1.67. The van der Waals surface area contributed by atoms with Crippen LogP contribution < -0.4 is 10.1 Å². The summed E-state index contributed by atoms with van der Waals surface area (Å²) in [6.45, 7) is 0.609. The molecule has 0 radical (unpaired) electrons. The summed E-state index contributed by atoms with van der Waals surface area (Å²) in [5.74, 6) is 0.532. The minimum atomic E-state index is -0.286. The molecule has 1 aliphatic carbocycles. The minimum Gasteiger partial charge on any atom is -0.497 e. The maximum atomic E-state index is 13.7. The van der Waals surface area contributed by atoms with Crippen molar-refractivity contribution < 1.29 is 13.9 Å². The van der Waals surface area contributed by atoms with E-state index in [1.807, 2.05) is 23.1 Å². The number of halogens is 1. The van der Waals surface area contributed by atoms with E-state index in [2.05, 4.69) is 10.3 Å². The fourth-order valence-corrected chi connectivity index (χ4v) is 5.11. The lowest BCUT2D eigenvalue weighted by molar-refractivity contribution is 0.172. The van der Waals surface area contributed by atoms with Crippen molar-refractivity contribution in [1.29, 1.82) is 0 Å². The molecule has 31 heavy (non-hydrogen) atoms. The molecule has 2 amide bonds. The number of nitrogens with zero attached hydrogens (tertiary/aromatic N) is 1. The average Bonchev–Trinajstić information content (AvgIpc) is 3.17. The monoisotopic (exact) mass is 421 g/mol. The number of fused-ring (bicyclic) bond motifs is 3. The van der Waals surface area contributed by atoms with Crippen LogP contribution in [0.2, 0.25) is 0 Å². The number of aromatic nitrogens is 1. The highest BCUT2D eigenvalue weighted by Crippen LogP contribution is 2.39. The number of hydrogen-bond donors (Lipinski definition) is 2. The van der Waals surface area contributed by atoms with Gasteiger partial charge in [0.05, 0.1) is 13.2 Å². The van der Waals surface area contributed by atoms with Crippen LogP contribution >= 0.6 is 0 Å². The third kappa shape index (κ3) is 3.75. The average molecular weight is 422 g/mol. The molecule has 0 spiro atoms. The van der Waals surface area contributed by atoms with E-state index in [-0.39, 0.29) is 23.9 Å².